The van der Waals surface area contributed by atoms with Gasteiger partial charge in [0.05, 0.1) is 16.6 Å². The Hall–Kier alpha value is -2.42. The van der Waals surface area contributed by atoms with Crippen molar-refractivity contribution < 1.29 is 18.5 Å². The number of amides is 1. The molecule has 0 aliphatic rings. The van der Waals surface area contributed by atoms with Gasteiger partial charge in [-0.15, -0.1) is 0 Å². The zero-order valence-electron chi connectivity index (χ0n) is 10.1. The van der Waals surface area contributed by atoms with Gasteiger partial charge in [-0.3, -0.25) is 14.9 Å². The van der Waals surface area contributed by atoms with Crippen LogP contribution in [0, 0.1) is 21.7 Å². The number of aromatic nitrogens is 1. The van der Waals surface area contributed by atoms with E-state index in [1.54, 1.807) is 6.07 Å². The first kappa shape index (κ1) is 15.0. The van der Waals surface area contributed by atoms with Crippen molar-refractivity contribution in [1.29, 1.82) is 0 Å². The second-order valence-electron chi connectivity index (χ2n) is 3.86. The van der Waals surface area contributed by atoms with Gasteiger partial charge in [-0.25, -0.2) is 9.37 Å². The second-order valence-corrected chi connectivity index (χ2v) is 4.77. The average Bonchev–Trinajstić information content (AvgIpc) is 2.43. The van der Waals surface area contributed by atoms with Gasteiger partial charge in [-0.1, -0.05) is 0 Å². The van der Waals surface area contributed by atoms with E-state index in [9.17, 15) is 23.7 Å². The fourth-order valence-corrected chi connectivity index (χ4v) is 1.72. The quantitative estimate of drug-likeness (QED) is 0.674. The van der Waals surface area contributed by atoms with Gasteiger partial charge in [0.15, 0.2) is 0 Å². The van der Waals surface area contributed by atoms with E-state index in [1.165, 1.54) is 12.3 Å². The van der Waals surface area contributed by atoms with Crippen LogP contribution < -0.4 is 5.32 Å². The number of hydrogen-bond acceptors (Lipinski definition) is 4. The predicted octanol–water partition coefficient (Wildman–Crippen LogP) is 3.28. The average molecular weight is 358 g/mol. The topological polar surface area (TPSA) is 85.1 Å². The van der Waals surface area contributed by atoms with Crippen molar-refractivity contribution >= 4 is 33.3 Å². The molecule has 2 aromatic rings. The Morgan fingerprint density at radius 2 is 2.00 bits per heavy atom. The lowest BCUT2D eigenvalue weighted by Gasteiger charge is -2.06. The van der Waals surface area contributed by atoms with Crippen LogP contribution >= 0.6 is 15.9 Å². The van der Waals surface area contributed by atoms with Gasteiger partial charge in [0, 0.05) is 10.7 Å². The lowest BCUT2D eigenvalue weighted by Crippen LogP contribution is -2.15. The highest BCUT2D eigenvalue weighted by Gasteiger charge is 2.22. The zero-order valence-corrected chi connectivity index (χ0v) is 11.7. The van der Waals surface area contributed by atoms with Crippen molar-refractivity contribution in [3.05, 3.63) is 62.2 Å². The number of nitro groups is 1. The molecular weight excluding hydrogens is 352 g/mol. The normalized spacial score (nSPS) is 10.2. The van der Waals surface area contributed by atoms with E-state index in [0.29, 0.717) is 16.6 Å². The number of halogens is 3. The first-order chi connectivity index (χ1) is 9.88. The summed E-state index contributed by atoms with van der Waals surface area (Å²) in [5.74, 6) is -3.33. The van der Waals surface area contributed by atoms with E-state index in [4.69, 9.17) is 0 Å². The van der Waals surface area contributed by atoms with Gasteiger partial charge < -0.3 is 5.32 Å². The molecule has 0 radical (unpaired) electrons. The molecule has 2 rings (SSSR count). The summed E-state index contributed by atoms with van der Waals surface area (Å²) in [5.41, 5.74) is -1.69. The van der Waals surface area contributed by atoms with Crippen molar-refractivity contribution in [2.45, 2.75) is 0 Å². The van der Waals surface area contributed by atoms with E-state index in [1.807, 2.05) is 0 Å². The van der Waals surface area contributed by atoms with Crippen LogP contribution in [-0.4, -0.2) is 15.8 Å². The zero-order chi connectivity index (χ0) is 15.6. The highest BCUT2D eigenvalue weighted by molar-refractivity contribution is 9.10. The van der Waals surface area contributed by atoms with Crippen molar-refractivity contribution in [2.24, 2.45) is 0 Å². The smallest absolute Gasteiger partial charge is 0.306 e. The number of carbonyl (C=O) groups excluding carboxylic acids is 1. The standard InChI is InChI=1S/C12H6BrF2N3O3/c13-6-1-2-11(16-5-6)17-12(19)7-3-9(15)10(18(20)21)4-8(7)14/h1-5H,(H,16,17,19). The largest absolute Gasteiger partial charge is 0.307 e. The molecule has 0 bridgehead atoms. The minimum absolute atomic E-state index is 0.126. The monoisotopic (exact) mass is 357 g/mol. The highest BCUT2D eigenvalue weighted by atomic mass is 79.9. The summed E-state index contributed by atoms with van der Waals surface area (Å²) >= 11 is 3.15. The molecule has 0 saturated heterocycles. The Morgan fingerprint density at radius 1 is 1.29 bits per heavy atom. The summed E-state index contributed by atoms with van der Waals surface area (Å²) < 4.78 is 27.7. The van der Waals surface area contributed by atoms with Gasteiger partial charge in [-0.2, -0.15) is 4.39 Å². The first-order valence-electron chi connectivity index (χ1n) is 5.45. The van der Waals surface area contributed by atoms with Gasteiger partial charge in [0.1, 0.15) is 11.6 Å². The number of rotatable bonds is 3. The molecular formula is C12H6BrF2N3O3. The lowest BCUT2D eigenvalue weighted by molar-refractivity contribution is -0.387. The van der Waals surface area contributed by atoms with Gasteiger partial charge in [0.25, 0.3) is 5.91 Å². The molecule has 1 N–H and O–H groups in total. The predicted molar refractivity (Wildman–Crippen MR) is 72.9 cm³/mol. The van der Waals surface area contributed by atoms with Crippen LogP contribution in [0.3, 0.4) is 0 Å². The maximum atomic E-state index is 13.6. The molecule has 0 fully saturated rings. The van der Waals surface area contributed by atoms with Crippen LogP contribution in [0.1, 0.15) is 10.4 Å². The van der Waals surface area contributed by atoms with E-state index in [0.717, 1.165) is 0 Å². The SMILES string of the molecule is O=C(Nc1ccc(Br)cn1)c1cc(F)c([N+](=O)[O-])cc1F. The minimum Gasteiger partial charge on any atom is -0.306 e. The summed E-state index contributed by atoms with van der Waals surface area (Å²) in [7, 11) is 0. The van der Waals surface area contributed by atoms with Crippen LogP contribution in [0.2, 0.25) is 0 Å². The van der Waals surface area contributed by atoms with Crippen LogP contribution in [0.25, 0.3) is 0 Å². The van der Waals surface area contributed by atoms with E-state index in [2.05, 4.69) is 26.2 Å². The van der Waals surface area contributed by atoms with E-state index < -0.39 is 33.7 Å². The van der Waals surface area contributed by atoms with Crippen LogP contribution in [0.4, 0.5) is 20.3 Å². The summed E-state index contributed by atoms with van der Waals surface area (Å²) in [6.07, 6.45) is 1.41. The summed E-state index contributed by atoms with van der Waals surface area (Å²) in [6, 6.07) is 3.87. The molecule has 1 aromatic carbocycles. The van der Waals surface area contributed by atoms with Crippen molar-refractivity contribution in [3.8, 4) is 0 Å². The van der Waals surface area contributed by atoms with Crippen molar-refractivity contribution in [1.82, 2.24) is 4.98 Å². The number of carbonyl (C=O) groups is 1. The molecule has 0 atom stereocenters. The fraction of sp³-hybridized carbons (Fsp3) is 0. The van der Waals surface area contributed by atoms with Crippen LogP contribution in [0.15, 0.2) is 34.9 Å². The number of benzene rings is 1. The molecule has 0 aliphatic carbocycles. The molecule has 0 unspecified atom stereocenters. The third-order valence-electron chi connectivity index (χ3n) is 2.45. The van der Waals surface area contributed by atoms with Gasteiger partial charge in [0.2, 0.25) is 5.82 Å². The number of anilines is 1. The molecule has 0 saturated carbocycles. The van der Waals surface area contributed by atoms with Crippen molar-refractivity contribution in [3.63, 3.8) is 0 Å². The number of nitrogens with zero attached hydrogens (tertiary/aromatic N) is 2. The maximum absolute atomic E-state index is 13.6. The molecule has 9 heteroatoms. The third-order valence-corrected chi connectivity index (χ3v) is 2.92. The Morgan fingerprint density at radius 3 is 2.57 bits per heavy atom. The first-order valence-corrected chi connectivity index (χ1v) is 6.24. The molecule has 0 spiro atoms. The molecule has 1 heterocycles. The van der Waals surface area contributed by atoms with Crippen LogP contribution in [0.5, 0.6) is 0 Å². The number of nitro benzene ring substituents is 1. The maximum Gasteiger partial charge on any atom is 0.307 e. The van der Waals surface area contributed by atoms with Gasteiger partial charge >= 0.3 is 5.69 Å². The lowest BCUT2D eigenvalue weighted by atomic mass is 10.1. The molecule has 6 nitrogen and oxygen atoms in total. The number of pyridine rings is 1. The highest BCUT2D eigenvalue weighted by Crippen LogP contribution is 2.22. The Balaban J connectivity index is 2.29. The summed E-state index contributed by atoms with van der Waals surface area (Å²) in [4.78, 5) is 25.0. The summed E-state index contributed by atoms with van der Waals surface area (Å²) in [6.45, 7) is 0. The number of nitrogens with one attached hydrogen (secondary N) is 1. The Labute approximate surface area is 125 Å². The van der Waals surface area contributed by atoms with Crippen molar-refractivity contribution in [2.75, 3.05) is 5.32 Å². The van der Waals surface area contributed by atoms with Crippen LogP contribution in [-0.2, 0) is 0 Å². The molecule has 1 amide bonds. The molecule has 108 valence electrons. The third kappa shape index (κ3) is 3.37. The summed E-state index contributed by atoms with van der Waals surface area (Å²) in [5, 5.41) is 12.7. The fourth-order valence-electron chi connectivity index (χ4n) is 1.48. The molecule has 21 heavy (non-hydrogen) atoms. The van der Waals surface area contributed by atoms with Gasteiger partial charge in [-0.05, 0) is 34.1 Å². The minimum atomic E-state index is -1.30. The Kier molecular flexibility index (Phi) is 4.22. The second kappa shape index (κ2) is 5.92. The van der Waals surface area contributed by atoms with E-state index >= 15 is 0 Å². The molecule has 1 aromatic heterocycles. The van der Waals surface area contributed by atoms with E-state index in [-0.39, 0.29) is 5.82 Å². The number of hydrogen-bond donors (Lipinski definition) is 1. The Bertz CT molecular complexity index is 722. The molecule has 0 aliphatic heterocycles.